The van der Waals surface area contributed by atoms with Gasteiger partial charge in [-0.1, -0.05) is 129 Å². The zero-order chi connectivity index (χ0) is 36.0. The average Bonchev–Trinajstić information content (AvgIpc) is 3.70. The Morgan fingerprint density at radius 1 is 0.725 bits per heavy atom. The molecule has 0 heterocycles. The number of ketones is 1. The number of carbonyl (C=O) groups is 4. The minimum atomic E-state index is -0.850. The van der Waals surface area contributed by atoms with Gasteiger partial charge in [0.2, 0.25) is 17.7 Å². The summed E-state index contributed by atoms with van der Waals surface area (Å²) < 4.78 is 0. The molecule has 0 radical (unpaired) electrons. The fraction of sp³-hybridized carbons (Fsp3) is 0.395. The molecule has 0 unspecified atom stereocenters. The van der Waals surface area contributed by atoms with Gasteiger partial charge in [-0.05, 0) is 65.6 Å². The minimum Gasteiger partial charge on any atom is -0.345 e. The number of hydrogen-bond acceptors (Lipinski definition) is 5. The van der Waals surface area contributed by atoms with Crippen LogP contribution in [-0.2, 0) is 25.6 Å². The molecule has 0 bridgehead atoms. The number of carbonyl (C=O) groups excluding carboxylic acids is 4. The highest BCUT2D eigenvalue weighted by Crippen LogP contribution is 2.31. The van der Waals surface area contributed by atoms with E-state index in [1.165, 1.54) is 0 Å². The van der Waals surface area contributed by atoms with Crippen molar-refractivity contribution in [1.29, 1.82) is 0 Å². The lowest BCUT2D eigenvalue weighted by atomic mass is 9.86. The number of fused-ring (bicyclic) bond motifs is 1. The molecule has 3 amide bonds. The SMILES string of the molecule is CCC(=O)N[C@H](Cc1ccc2ccccc2c1)C(=O)N[C@H](C(=O)C[C@@H](CCCCN)C(=O)NC(c1ccccc1)c1ccccc1)C1CCCC1. The summed E-state index contributed by atoms with van der Waals surface area (Å²) in [5.41, 5.74) is 8.64. The molecule has 51 heavy (non-hydrogen) atoms. The number of hydrogen-bond donors (Lipinski definition) is 4. The normalized spacial score (nSPS) is 14.9. The minimum absolute atomic E-state index is 0.00477. The van der Waals surface area contributed by atoms with E-state index in [4.69, 9.17) is 5.73 Å². The summed E-state index contributed by atoms with van der Waals surface area (Å²) in [6.45, 7) is 2.25. The summed E-state index contributed by atoms with van der Waals surface area (Å²) in [6.07, 6.45) is 6.09. The molecule has 4 aromatic rings. The van der Waals surface area contributed by atoms with E-state index in [2.05, 4.69) is 16.0 Å². The second-order valence-electron chi connectivity index (χ2n) is 13.8. The molecule has 0 aromatic heterocycles. The van der Waals surface area contributed by atoms with Gasteiger partial charge in [-0.15, -0.1) is 0 Å². The zero-order valence-electron chi connectivity index (χ0n) is 29.7. The summed E-state index contributed by atoms with van der Waals surface area (Å²) in [4.78, 5) is 55.1. The smallest absolute Gasteiger partial charge is 0.243 e. The molecule has 268 valence electrons. The van der Waals surface area contributed by atoms with Crippen molar-refractivity contribution < 1.29 is 19.2 Å². The second-order valence-corrected chi connectivity index (χ2v) is 13.8. The maximum Gasteiger partial charge on any atom is 0.243 e. The maximum absolute atomic E-state index is 14.3. The molecule has 8 nitrogen and oxygen atoms in total. The lowest BCUT2D eigenvalue weighted by Gasteiger charge is -2.29. The van der Waals surface area contributed by atoms with Crippen LogP contribution < -0.4 is 21.7 Å². The number of amides is 3. The van der Waals surface area contributed by atoms with Gasteiger partial charge in [-0.25, -0.2) is 0 Å². The quantitative estimate of drug-likeness (QED) is 0.0880. The van der Waals surface area contributed by atoms with Crippen molar-refractivity contribution in [1.82, 2.24) is 16.0 Å². The van der Waals surface area contributed by atoms with E-state index in [0.717, 1.165) is 59.6 Å². The van der Waals surface area contributed by atoms with Crippen molar-refractivity contribution in [3.63, 3.8) is 0 Å². The Labute approximate surface area is 302 Å². The highest BCUT2D eigenvalue weighted by molar-refractivity contribution is 5.95. The molecule has 1 fully saturated rings. The summed E-state index contributed by atoms with van der Waals surface area (Å²) >= 11 is 0. The Morgan fingerprint density at radius 3 is 1.98 bits per heavy atom. The number of rotatable bonds is 18. The zero-order valence-corrected chi connectivity index (χ0v) is 29.7. The second kappa shape index (κ2) is 19.0. The van der Waals surface area contributed by atoms with Crippen molar-refractivity contribution in [3.05, 3.63) is 120 Å². The van der Waals surface area contributed by atoms with Gasteiger partial charge in [0.15, 0.2) is 5.78 Å². The van der Waals surface area contributed by atoms with Crippen LogP contribution in [0.15, 0.2) is 103 Å². The van der Waals surface area contributed by atoms with E-state index in [0.29, 0.717) is 25.8 Å². The molecule has 0 aliphatic heterocycles. The van der Waals surface area contributed by atoms with E-state index in [1.54, 1.807) is 6.92 Å². The van der Waals surface area contributed by atoms with Gasteiger partial charge in [0.25, 0.3) is 0 Å². The van der Waals surface area contributed by atoms with Crippen LogP contribution in [-0.4, -0.2) is 42.1 Å². The molecule has 0 spiro atoms. The van der Waals surface area contributed by atoms with Crippen molar-refractivity contribution in [2.45, 2.75) is 89.3 Å². The van der Waals surface area contributed by atoms with Crippen molar-refractivity contribution in [2.24, 2.45) is 17.6 Å². The van der Waals surface area contributed by atoms with Gasteiger partial charge in [-0.2, -0.15) is 0 Å². The maximum atomic E-state index is 14.3. The largest absolute Gasteiger partial charge is 0.345 e. The first-order valence-corrected chi connectivity index (χ1v) is 18.6. The third-order valence-corrected chi connectivity index (χ3v) is 10.1. The van der Waals surface area contributed by atoms with Crippen LogP contribution >= 0.6 is 0 Å². The van der Waals surface area contributed by atoms with Crippen LogP contribution in [0.1, 0.15) is 87.4 Å². The highest BCUT2D eigenvalue weighted by Gasteiger charge is 2.36. The van der Waals surface area contributed by atoms with Gasteiger partial charge in [0.1, 0.15) is 6.04 Å². The molecular weight excluding hydrogens is 636 g/mol. The van der Waals surface area contributed by atoms with Crippen molar-refractivity contribution >= 4 is 34.3 Å². The standard InChI is InChI=1S/C43H52N4O4/c1-2-39(49)45-37(28-30-24-25-31-15-9-12-22-35(31)27-30)43(51)47-41(34-20-10-11-21-34)38(48)29-36(23-13-14-26-44)42(50)46-40(32-16-5-3-6-17-32)33-18-7-4-8-19-33/h3-9,12,15-19,22,24-25,27,34,36-37,40-41H,2,10-11,13-14,20-21,23,26,28-29,44H2,1H3,(H,45,49)(H,46,50)(H,47,51)/t36-,37-,41+/m1/s1. The Balaban J connectivity index is 1.36. The number of nitrogens with one attached hydrogen (secondary N) is 3. The fourth-order valence-corrected chi connectivity index (χ4v) is 7.25. The van der Waals surface area contributed by atoms with E-state index in [-0.39, 0.29) is 48.3 Å². The molecule has 1 aliphatic carbocycles. The lowest BCUT2D eigenvalue weighted by Crippen LogP contribution is -2.54. The number of nitrogens with two attached hydrogens (primary N) is 1. The Kier molecular flexibility index (Phi) is 13.9. The topological polar surface area (TPSA) is 130 Å². The van der Waals surface area contributed by atoms with Gasteiger partial charge < -0.3 is 21.7 Å². The summed E-state index contributed by atoms with van der Waals surface area (Å²) in [6, 6.07) is 31.7. The van der Waals surface area contributed by atoms with Crippen LogP contribution in [0.2, 0.25) is 0 Å². The molecule has 5 N–H and O–H groups in total. The summed E-state index contributed by atoms with van der Waals surface area (Å²) in [7, 11) is 0. The average molecular weight is 689 g/mol. The number of benzene rings is 4. The molecule has 4 aromatic carbocycles. The van der Waals surface area contributed by atoms with E-state index in [1.807, 2.05) is 103 Å². The van der Waals surface area contributed by atoms with Crippen LogP contribution in [0.5, 0.6) is 0 Å². The predicted octanol–water partition coefficient (Wildman–Crippen LogP) is 6.56. The van der Waals surface area contributed by atoms with Crippen LogP contribution in [0.3, 0.4) is 0 Å². The van der Waals surface area contributed by atoms with E-state index in [9.17, 15) is 19.2 Å². The van der Waals surface area contributed by atoms with Crippen molar-refractivity contribution in [3.8, 4) is 0 Å². The first-order chi connectivity index (χ1) is 24.9. The van der Waals surface area contributed by atoms with Crippen molar-refractivity contribution in [2.75, 3.05) is 6.54 Å². The first-order valence-electron chi connectivity index (χ1n) is 18.6. The third-order valence-electron chi connectivity index (χ3n) is 10.1. The van der Waals surface area contributed by atoms with Gasteiger partial charge in [0, 0.05) is 25.2 Å². The van der Waals surface area contributed by atoms with Crippen LogP contribution in [0.25, 0.3) is 10.8 Å². The van der Waals surface area contributed by atoms with E-state index >= 15 is 0 Å². The molecule has 8 heteroatoms. The van der Waals surface area contributed by atoms with Crippen LogP contribution in [0, 0.1) is 11.8 Å². The third kappa shape index (κ3) is 10.6. The highest BCUT2D eigenvalue weighted by atomic mass is 16.2. The molecule has 0 saturated heterocycles. The first kappa shape index (κ1) is 37.4. The Hall–Kier alpha value is -4.82. The molecular formula is C43H52N4O4. The molecule has 3 atom stereocenters. The van der Waals surface area contributed by atoms with Gasteiger partial charge in [-0.3, -0.25) is 19.2 Å². The predicted molar refractivity (Wildman–Crippen MR) is 203 cm³/mol. The van der Waals surface area contributed by atoms with Gasteiger partial charge >= 0.3 is 0 Å². The number of Topliss-reactive ketones (excluding diaryl/α,β-unsaturated/α-hetero) is 1. The Morgan fingerprint density at radius 2 is 1.35 bits per heavy atom. The molecule has 1 saturated carbocycles. The summed E-state index contributed by atoms with van der Waals surface area (Å²) in [5, 5.41) is 11.4. The van der Waals surface area contributed by atoms with E-state index < -0.39 is 18.0 Å². The molecule has 1 aliphatic rings. The fourth-order valence-electron chi connectivity index (χ4n) is 7.25. The summed E-state index contributed by atoms with van der Waals surface area (Å²) in [5.74, 6) is -1.58. The lowest BCUT2D eigenvalue weighted by molar-refractivity contribution is -0.134. The van der Waals surface area contributed by atoms with Crippen LogP contribution in [0.4, 0.5) is 0 Å². The Bertz CT molecular complexity index is 1700. The number of unbranched alkanes of at least 4 members (excludes halogenated alkanes) is 1. The monoisotopic (exact) mass is 688 g/mol. The van der Waals surface area contributed by atoms with Gasteiger partial charge in [0.05, 0.1) is 12.1 Å². The molecule has 5 rings (SSSR count).